The number of benzene rings is 2. The Kier molecular flexibility index (Phi) is 4.43. The van der Waals surface area contributed by atoms with Gasteiger partial charge in [0.15, 0.2) is 5.78 Å². The first-order valence-corrected chi connectivity index (χ1v) is 7.19. The summed E-state index contributed by atoms with van der Waals surface area (Å²) in [5, 5.41) is 0.490. The molecule has 0 saturated heterocycles. The van der Waals surface area contributed by atoms with Crippen LogP contribution >= 0.6 is 27.5 Å². The van der Waals surface area contributed by atoms with E-state index < -0.39 is 0 Å². The van der Waals surface area contributed by atoms with Gasteiger partial charge in [0.05, 0.1) is 5.02 Å². The van der Waals surface area contributed by atoms with Crippen LogP contribution in [0.5, 0.6) is 0 Å². The summed E-state index contributed by atoms with van der Waals surface area (Å²) in [6, 6.07) is 11.5. The first-order chi connectivity index (χ1) is 8.97. The predicted molar refractivity (Wildman–Crippen MR) is 83.1 cm³/mol. The highest BCUT2D eigenvalue weighted by molar-refractivity contribution is 9.10. The highest BCUT2D eigenvalue weighted by Gasteiger charge is 2.12. The number of ketones is 1. The van der Waals surface area contributed by atoms with E-state index in [1.165, 1.54) is 0 Å². The third kappa shape index (κ3) is 3.46. The molecule has 3 heteroatoms. The monoisotopic (exact) mass is 336 g/mol. The largest absolute Gasteiger partial charge is 0.294 e. The lowest BCUT2D eigenvalue weighted by molar-refractivity contribution is 0.0993. The fraction of sp³-hybridized carbons (Fsp3) is 0.188. The lowest BCUT2D eigenvalue weighted by Gasteiger charge is -2.08. The van der Waals surface area contributed by atoms with E-state index in [2.05, 4.69) is 28.1 Å². The highest BCUT2D eigenvalue weighted by atomic mass is 79.9. The van der Waals surface area contributed by atoms with E-state index in [4.69, 9.17) is 11.6 Å². The van der Waals surface area contributed by atoms with E-state index in [1.807, 2.05) is 26.0 Å². The summed E-state index contributed by atoms with van der Waals surface area (Å²) < 4.78 is 0.876. The number of hydrogen-bond acceptors (Lipinski definition) is 1. The van der Waals surface area contributed by atoms with E-state index in [0.717, 1.165) is 21.2 Å². The Morgan fingerprint density at radius 2 is 1.89 bits per heavy atom. The van der Waals surface area contributed by atoms with Crippen molar-refractivity contribution >= 4 is 33.3 Å². The van der Waals surface area contributed by atoms with Gasteiger partial charge in [-0.1, -0.05) is 51.3 Å². The number of aryl methyl sites for hydroxylation is 2. The van der Waals surface area contributed by atoms with E-state index >= 15 is 0 Å². The van der Waals surface area contributed by atoms with Gasteiger partial charge in [-0.15, -0.1) is 0 Å². The molecule has 2 aromatic rings. The van der Waals surface area contributed by atoms with Crippen LogP contribution in [-0.2, 0) is 6.42 Å². The Morgan fingerprint density at radius 3 is 2.58 bits per heavy atom. The van der Waals surface area contributed by atoms with Gasteiger partial charge in [0.25, 0.3) is 0 Å². The molecule has 0 spiro atoms. The maximum atomic E-state index is 12.3. The van der Waals surface area contributed by atoms with E-state index in [9.17, 15) is 4.79 Å². The number of carbonyl (C=O) groups excluding carboxylic acids is 1. The topological polar surface area (TPSA) is 17.1 Å². The molecule has 0 N–H and O–H groups in total. The Balaban J connectivity index is 2.28. The summed E-state index contributed by atoms with van der Waals surface area (Å²) in [5.41, 5.74) is 3.93. The van der Waals surface area contributed by atoms with Crippen molar-refractivity contribution in [3.05, 3.63) is 68.1 Å². The lowest BCUT2D eigenvalue weighted by Crippen LogP contribution is -2.06. The van der Waals surface area contributed by atoms with Crippen LogP contribution in [0.4, 0.5) is 0 Å². The van der Waals surface area contributed by atoms with E-state index in [1.54, 1.807) is 12.1 Å². The molecular weight excluding hydrogens is 324 g/mol. The molecule has 2 aromatic carbocycles. The Morgan fingerprint density at radius 1 is 1.16 bits per heavy atom. The van der Waals surface area contributed by atoms with Crippen LogP contribution in [0.1, 0.15) is 27.0 Å². The Bertz CT molecular complexity index is 635. The number of carbonyl (C=O) groups is 1. The number of rotatable bonds is 3. The Hall–Kier alpha value is -1.12. The molecule has 98 valence electrons. The third-order valence-electron chi connectivity index (χ3n) is 3.09. The van der Waals surface area contributed by atoms with Gasteiger partial charge in [0.1, 0.15) is 0 Å². The van der Waals surface area contributed by atoms with Crippen LogP contribution in [0.15, 0.2) is 40.9 Å². The maximum Gasteiger partial charge on any atom is 0.168 e. The minimum Gasteiger partial charge on any atom is -0.294 e. The summed E-state index contributed by atoms with van der Waals surface area (Å²) in [4.78, 5) is 12.3. The third-order valence-corrected chi connectivity index (χ3v) is 3.89. The Labute approximate surface area is 126 Å². The average molecular weight is 338 g/mol. The van der Waals surface area contributed by atoms with E-state index in [-0.39, 0.29) is 5.78 Å². The number of Topliss-reactive ketones (excluding diaryl/α,β-unsaturated/α-hetero) is 1. The molecule has 1 nitrogen and oxygen atoms in total. The van der Waals surface area contributed by atoms with Gasteiger partial charge in [-0.25, -0.2) is 0 Å². The number of halogens is 2. The summed E-state index contributed by atoms with van der Waals surface area (Å²) in [6.07, 6.45) is 0.384. The SMILES string of the molecule is Cc1ccc(C)c(CC(=O)c2ccc(Br)cc2Cl)c1. The molecule has 0 fully saturated rings. The minimum atomic E-state index is 0.0474. The molecule has 0 radical (unpaired) electrons. The smallest absolute Gasteiger partial charge is 0.168 e. The van der Waals surface area contributed by atoms with Crippen molar-refractivity contribution in [3.8, 4) is 0 Å². The van der Waals surface area contributed by atoms with Crippen molar-refractivity contribution in [2.45, 2.75) is 20.3 Å². The van der Waals surface area contributed by atoms with Crippen LogP contribution in [0.2, 0.25) is 5.02 Å². The van der Waals surface area contributed by atoms with Crippen molar-refractivity contribution in [2.24, 2.45) is 0 Å². The van der Waals surface area contributed by atoms with Crippen LogP contribution in [0.3, 0.4) is 0 Å². The molecule has 2 rings (SSSR count). The molecule has 0 amide bonds. The zero-order valence-corrected chi connectivity index (χ0v) is 13.2. The highest BCUT2D eigenvalue weighted by Crippen LogP contribution is 2.23. The van der Waals surface area contributed by atoms with Crippen molar-refractivity contribution in [3.63, 3.8) is 0 Å². The van der Waals surface area contributed by atoms with Crippen molar-refractivity contribution in [1.82, 2.24) is 0 Å². The molecule has 0 saturated carbocycles. The maximum absolute atomic E-state index is 12.3. The zero-order valence-electron chi connectivity index (χ0n) is 10.8. The normalized spacial score (nSPS) is 10.5. The molecule has 0 aliphatic heterocycles. The minimum absolute atomic E-state index is 0.0474. The van der Waals surface area contributed by atoms with E-state index in [0.29, 0.717) is 17.0 Å². The van der Waals surface area contributed by atoms with Crippen LogP contribution in [0, 0.1) is 13.8 Å². The average Bonchev–Trinajstić information content (AvgIpc) is 2.33. The fourth-order valence-corrected chi connectivity index (χ4v) is 2.75. The number of hydrogen-bond donors (Lipinski definition) is 0. The van der Waals surface area contributed by atoms with Crippen LogP contribution in [0.25, 0.3) is 0 Å². The first kappa shape index (κ1) is 14.3. The van der Waals surface area contributed by atoms with Gasteiger partial charge in [-0.05, 0) is 43.2 Å². The summed E-state index contributed by atoms with van der Waals surface area (Å²) in [6.45, 7) is 4.05. The molecule has 0 atom stereocenters. The molecule has 0 unspecified atom stereocenters. The molecule has 0 heterocycles. The van der Waals surface area contributed by atoms with Crippen LogP contribution < -0.4 is 0 Å². The molecule has 0 bridgehead atoms. The first-order valence-electron chi connectivity index (χ1n) is 6.02. The second kappa shape index (κ2) is 5.89. The van der Waals surface area contributed by atoms with Gasteiger partial charge in [-0.3, -0.25) is 4.79 Å². The second-order valence-corrected chi connectivity index (χ2v) is 5.98. The van der Waals surface area contributed by atoms with Gasteiger partial charge in [0.2, 0.25) is 0 Å². The standard InChI is InChI=1S/C16H14BrClO/c1-10-3-4-11(2)12(7-10)8-16(19)14-6-5-13(17)9-15(14)18/h3-7,9H,8H2,1-2H3. The second-order valence-electron chi connectivity index (χ2n) is 4.65. The van der Waals surface area contributed by atoms with Gasteiger partial charge in [-0.2, -0.15) is 0 Å². The quantitative estimate of drug-likeness (QED) is 0.708. The molecule has 19 heavy (non-hydrogen) atoms. The molecule has 0 aromatic heterocycles. The summed E-state index contributed by atoms with van der Waals surface area (Å²) in [7, 11) is 0. The molecule has 0 aliphatic carbocycles. The van der Waals surface area contributed by atoms with Crippen molar-refractivity contribution < 1.29 is 4.79 Å². The summed E-state index contributed by atoms with van der Waals surface area (Å²) in [5.74, 6) is 0.0474. The molecular formula is C16H14BrClO. The van der Waals surface area contributed by atoms with Gasteiger partial charge < -0.3 is 0 Å². The van der Waals surface area contributed by atoms with Crippen molar-refractivity contribution in [2.75, 3.05) is 0 Å². The van der Waals surface area contributed by atoms with Gasteiger partial charge >= 0.3 is 0 Å². The van der Waals surface area contributed by atoms with Gasteiger partial charge in [0, 0.05) is 16.5 Å². The molecule has 0 aliphatic rings. The zero-order chi connectivity index (χ0) is 14.0. The summed E-state index contributed by atoms with van der Waals surface area (Å²) >= 11 is 9.45. The predicted octanol–water partition coefficient (Wildman–Crippen LogP) is 5.14. The van der Waals surface area contributed by atoms with Crippen LogP contribution in [-0.4, -0.2) is 5.78 Å². The fourth-order valence-electron chi connectivity index (χ4n) is 1.97. The lowest BCUT2D eigenvalue weighted by atomic mass is 9.98. The van der Waals surface area contributed by atoms with Crippen molar-refractivity contribution in [1.29, 1.82) is 0 Å².